The summed E-state index contributed by atoms with van der Waals surface area (Å²) in [5.41, 5.74) is -0.388. The van der Waals surface area contributed by atoms with E-state index in [0.717, 1.165) is 0 Å². The van der Waals surface area contributed by atoms with Crippen LogP contribution >= 0.6 is 0 Å². The molecule has 0 aliphatic carbocycles. The van der Waals surface area contributed by atoms with Crippen LogP contribution < -0.4 is 20.1 Å². The van der Waals surface area contributed by atoms with E-state index in [1.54, 1.807) is 20.8 Å². The van der Waals surface area contributed by atoms with Gasteiger partial charge in [0, 0.05) is 17.2 Å². The van der Waals surface area contributed by atoms with Crippen molar-refractivity contribution in [2.24, 2.45) is 5.41 Å². The molecule has 2 N–H and O–H groups in total. The first-order valence-electron chi connectivity index (χ1n) is 7.29. The molecule has 0 radical (unpaired) electrons. The summed E-state index contributed by atoms with van der Waals surface area (Å²) in [7, 11) is 1.32. The number of methoxy groups -OCH3 is 1. The third-order valence-corrected chi connectivity index (χ3v) is 3.07. The monoisotopic (exact) mass is 344 g/mol. The van der Waals surface area contributed by atoms with Gasteiger partial charge in [-0.2, -0.15) is 8.78 Å². The molecular weight excluding hydrogens is 322 g/mol. The summed E-state index contributed by atoms with van der Waals surface area (Å²) in [6.45, 7) is 3.69. The van der Waals surface area contributed by atoms with E-state index >= 15 is 0 Å². The normalized spacial score (nSPS) is 12.5. The standard InChI is InChI=1S/C16H22F2N2O4/c1-9(19-14(22)16(2,3)4)13(21)20-10-6-7-11(23-5)12(8-10)24-15(17)18/h6-9,15H,1-5H3,(H,19,22)(H,20,21). The Morgan fingerprint density at radius 3 is 2.29 bits per heavy atom. The zero-order valence-corrected chi connectivity index (χ0v) is 14.3. The van der Waals surface area contributed by atoms with Crippen LogP contribution in [0.3, 0.4) is 0 Å². The van der Waals surface area contributed by atoms with Gasteiger partial charge in [-0.1, -0.05) is 20.8 Å². The number of alkyl halides is 2. The van der Waals surface area contributed by atoms with Gasteiger partial charge in [-0.25, -0.2) is 0 Å². The van der Waals surface area contributed by atoms with Crippen molar-refractivity contribution >= 4 is 17.5 Å². The molecule has 1 aromatic carbocycles. The number of amides is 2. The molecule has 8 heteroatoms. The number of hydrogen-bond acceptors (Lipinski definition) is 4. The lowest BCUT2D eigenvalue weighted by molar-refractivity contribution is -0.131. The average molecular weight is 344 g/mol. The molecule has 1 unspecified atom stereocenters. The maximum absolute atomic E-state index is 12.4. The lowest BCUT2D eigenvalue weighted by atomic mass is 9.95. The van der Waals surface area contributed by atoms with Crippen LogP contribution in [0.1, 0.15) is 27.7 Å². The first-order chi connectivity index (χ1) is 11.0. The Labute approximate surface area is 139 Å². The van der Waals surface area contributed by atoms with E-state index in [1.165, 1.54) is 32.2 Å². The number of anilines is 1. The van der Waals surface area contributed by atoms with Gasteiger partial charge in [0.05, 0.1) is 7.11 Å². The molecule has 0 aliphatic rings. The third-order valence-electron chi connectivity index (χ3n) is 3.07. The van der Waals surface area contributed by atoms with Gasteiger partial charge in [0.15, 0.2) is 11.5 Å². The Balaban J connectivity index is 2.81. The number of carbonyl (C=O) groups excluding carboxylic acids is 2. The molecule has 2 amide bonds. The minimum Gasteiger partial charge on any atom is -0.493 e. The summed E-state index contributed by atoms with van der Waals surface area (Å²) in [4.78, 5) is 24.0. The first-order valence-corrected chi connectivity index (χ1v) is 7.29. The molecule has 24 heavy (non-hydrogen) atoms. The maximum Gasteiger partial charge on any atom is 0.387 e. The van der Waals surface area contributed by atoms with Crippen molar-refractivity contribution in [2.45, 2.75) is 40.3 Å². The van der Waals surface area contributed by atoms with Gasteiger partial charge in [0.1, 0.15) is 6.04 Å². The van der Waals surface area contributed by atoms with Crippen molar-refractivity contribution in [1.82, 2.24) is 5.32 Å². The van der Waals surface area contributed by atoms with Crippen molar-refractivity contribution < 1.29 is 27.8 Å². The quantitative estimate of drug-likeness (QED) is 0.832. The molecule has 0 spiro atoms. The Kier molecular flexibility index (Phi) is 6.51. The van der Waals surface area contributed by atoms with Crippen molar-refractivity contribution in [2.75, 3.05) is 12.4 Å². The molecule has 1 rings (SSSR count). The Hall–Kier alpha value is -2.38. The van der Waals surface area contributed by atoms with E-state index in [9.17, 15) is 18.4 Å². The molecule has 1 atom stereocenters. The largest absolute Gasteiger partial charge is 0.493 e. The summed E-state index contributed by atoms with van der Waals surface area (Å²) in [5.74, 6) is -0.846. The van der Waals surface area contributed by atoms with Crippen molar-refractivity contribution in [3.05, 3.63) is 18.2 Å². The van der Waals surface area contributed by atoms with Gasteiger partial charge in [-0.15, -0.1) is 0 Å². The molecule has 134 valence electrons. The SMILES string of the molecule is COc1ccc(NC(=O)C(C)NC(=O)C(C)(C)C)cc1OC(F)F. The molecule has 0 aromatic heterocycles. The van der Waals surface area contributed by atoms with Crippen LogP contribution in [0.15, 0.2) is 18.2 Å². The summed E-state index contributed by atoms with van der Waals surface area (Å²) >= 11 is 0. The fourth-order valence-corrected chi connectivity index (χ4v) is 1.67. The zero-order chi connectivity index (χ0) is 18.5. The lowest BCUT2D eigenvalue weighted by Crippen LogP contribution is -2.46. The highest BCUT2D eigenvalue weighted by Gasteiger charge is 2.25. The molecule has 0 heterocycles. The molecule has 0 fully saturated rings. The van der Waals surface area contributed by atoms with E-state index in [2.05, 4.69) is 15.4 Å². The highest BCUT2D eigenvalue weighted by atomic mass is 19.3. The van der Waals surface area contributed by atoms with Crippen LogP contribution in [0.4, 0.5) is 14.5 Å². The molecule has 6 nitrogen and oxygen atoms in total. The second-order valence-electron chi connectivity index (χ2n) is 6.18. The van der Waals surface area contributed by atoms with E-state index in [4.69, 9.17) is 4.74 Å². The Bertz CT molecular complexity index is 600. The second kappa shape index (κ2) is 7.94. The molecule has 0 saturated carbocycles. The maximum atomic E-state index is 12.4. The lowest BCUT2D eigenvalue weighted by Gasteiger charge is -2.21. The third kappa shape index (κ3) is 5.68. The molecule has 0 saturated heterocycles. The van der Waals surface area contributed by atoms with Crippen molar-refractivity contribution in [1.29, 1.82) is 0 Å². The number of ether oxygens (including phenoxy) is 2. The van der Waals surface area contributed by atoms with Crippen LogP contribution in [0, 0.1) is 5.41 Å². The summed E-state index contributed by atoms with van der Waals surface area (Å²) in [6.07, 6.45) is 0. The predicted octanol–water partition coefficient (Wildman–Crippen LogP) is 2.79. The number of benzene rings is 1. The van der Waals surface area contributed by atoms with Crippen molar-refractivity contribution in [3.8, 4) is 11.5 Å². The summed E-state index contributed by atoms with van der Waals surface area (Å²) in [6, 6.07) is 3.30. The average Bonchev–Trinajstić information content (AvgIpc) is 2.45. The molecule has 0 aliphatic heterocycles. The van der Waals surface area contributed by atoms with Gasteiger partial charge in [0.25, 0.3) is 0 Å². The molecule has 0 bridgehead atoms. The highest BCUT2D eigenvalue weighted by molar-refractivity contribution is 5.97. The van der Waals surface area contributed by atoms with E-state index in [-0.39, 0.29) is 23.1 Å². The van der Waals surface area contributed by atoms with Gasteiger partial charge in [-0.3, -0.25) is 9.59 Å². The predicted molar refractivity (Wildman–Crippen MR) is 85.3 cm³/mol. The summed E-state index contributed by atoms with van der Waals surface area (Å²) in [5, 5.41) is 5.11. The van der Waals surface area contributed by atoms with Gasteiger partial charge in [-0.05, 0) is 19.1 Å². The number of halogens is 2. The first kappa shape index (κ1) is 19.7. The number of carbonyl (C=O) groups is 2. The van der Waals surface area contributed by atoms with Crippen molar-refractivity contribution in [3.63, 3.8) is 0 Å². The van der Waals surface area contributed by atoms with Gasteiger partial charge >= 0.3 is 6.61 Å². The number of rotatable bonds is 6. The van der Waals surface area contributed by atoms with Crippen LogP contribution in [-0.4, -0.2) is 31.6 Å². The minimum absolute atomic E-state index is 0.113. The second-order valence-corrected chi connectivity index (χ2v) is 6.18. The summed E-state index contributed by atoms with van der Waals surface area (Å²) < 4.78 is 34.1. The minimum atomic E-state index is -3.02. The van der Waals surface area contributed by atoms with Gasteiger partial charge in [0.2, 0.25) is 11.8 Å². The van der Waals surface area contributed by atoms with Crippen LogP contribution in [0.2, 0.25) is 0 Å². The smallest absolute Gasteiger partial charge is 0.387 e. The Morgan fingerprint density at radius 1 is 1.17 bits per heavy atom. The van der Waals surface area contributed by atoms with E-state index in [1.807, 2.05) is 0 Å². The van der Waals surface area contributed by atoms with Crippen LogP contribution in [-0.2, 0) is 9.59 Å². The molecular formula is C16H22F2N2O4. The van der Waals surface area contributed by atoms with E-state index in [0.29, 0.717) is 0 Å². The number of hydrogen-bond donors (Lipinski definition) is 2. The van der Waals surface area contributed by atoms with Crippen LogP contribution in [0.5, 0.6) is 11.5 Å². The Morgan fingerprint density at radius 2 is 1.79 bits per heavy atom. The van der Waals surface area contributed by atoms with Gasteiger partial charge < -0.3 is 20.1 Å². The van der Waals surface area contributed by atoms with E-state index < -0.39 is 24.0 Å². The zero-order valence-electron chi connectivity index (χ0n) is 14.3. The fraction of sp³-hybridized carbons (Fsp3) is 0.500. The highest BCUT2D eigenvalue weighted by Crippen LogP contribution is 2.31. The topological polar surface area (TPSA) is 76.7 Å². The number of nitrogens with one attached hydrogen (secondary N) is 2. The van der Waals surface area contributed by atoms with Crippen LogP contribution in [0.25, 0.3) is 0 Å². The molecule has 1 aromatic rings. The fourth-order valence-electron chi connectivity index (χ4n) is 1.67.